The Labute approximate surface area is 144 Å². The van der Waals surface area contributed by atoms with Gasteiger partial charge in [0.25, 0.3) is 0 Å². The molecule has 0 heterocycles. The summed E-state index contributed by atoms with van der Waals surface area (Å²) in [6.07, 6.45) is 10.8. The minimum Gasteiger partial charge on any atom is -0.481 e. The number of hydrogen-bond acceptors (Lipinski definition) is 4. The first-order valence-corrected chi connectivity index (χ1v) is 8.86. The van der Waals surface area contributed by atoms with Gasteiger partial charge in [-0.05, 0) is 38.5 Å². The smallest absolute Gasteiger partial charge is 0.305 e. The molecule has 2 atom stereocenters. The number of aliphatic hydroxyl groups excluding tert-OH is 2. The van der Waals surface area contributed by atoms with E-state index in [1.807, 2.05) is 12.2 Å². The molecule has 140 valence electrons. The standard InChI is InChI=1S/C18H32O6/c19-15(11-8-5-9-13-17(21)22)10-6-3-1-2-4-7-12-16(20)14-18(23)24/h3,6,15-16,19-20H,1-2,4-5,7-14H2,(H,21,22)(H,23,24)/b6-3-. The molecule has 0 aliphatic carbocycles. The number of carboxylic acids is 2. The topological polar surface area (TPSA) is 115 Å². The van der Waals surface area contributed by atoms with Crippen LogP contribution in [0.15, 0.2) is 12.2 Å². The van der Waals surface area contributed by atoms with Crippen LogP contribution in [-0.2, 0) is 9.59 Å². The summed E-state index contributed by atoms with van der Waals surface area (Å²) in [7, 11) is 0. The molecule has 0 amide bonds. The molecule has 0 rings (SSSR count). The summed E-state index contributed by atoms with van der Waals surface area (Å²) in [5.41, 5.74) is 0. The third kappa shape index (κ3) is 17.0. The quantitative estimate of drug-likeness (QED) is 0.253. The zero-order valence-corrected chi connectivity index (χ0v) is 14.4. The summed E-state index contributed by atoms with van der Waals surface area (Å²) < 4.78 is 0. The molecular formula is C18H32O6. The number of carbonyl (C=O) groups is 2. The molecule has 0 aliphatic heterocycles. The Morgan fingerprint density at radius 1 is 0.750 bits per heavy atom. The Hall–Kier alpha value is -1.40. The van der Waals surface area contributed by atoms with Crippen LogP contribution in [0.25, 0.3) is 0 Å². The van der Waals surface area contributed by atoms with Crippen molar-refractivity contribution in [2.24, 2.45) is 0 Å². The molecular weight excluding hydrogens is 312 g/mol. The third-order valence-corrected chi connectivity index (χ3v) is 3.82. The van der Waals surface area contributed by atoms with Crippen LogP contribution in [-0.4, -0.2) is 44.6 Å². The maximum atomic E-state index is 10.4. The van der Waals surface area contributed by atoms with E-state index >= 15 is 0 Å². The van der Waals surface area contributed by atoms with Gasteiger partial charge in [0.15, 0.2) is 0 Å². The van der Waals surface area contributed by atoms with Gasteiger partial charge in [-0.1, -0.05) is 37.8 Å². The second-order valence-electron chi connectivity index (χ2n) is 6.24. The molecule has 0 aromatic heterocycles. The summed E-state index contributed by atoms with van der Waals surface area (Å²) in [5, 5.41) is 36.2. The monoisotopic (exact) mass is 344 g/mol. The SMILES string of the molecule is O=C(O)CCCCCC(O)C/C=C\CCCCCC(O)CC(=O)O. The van der Waals surface area contributed by atoms with Crippen molar-refractivity contribution in [3.63, 3.8) is 0 Å². The number of hydrogen-bond donors (Lipinski definition) is 4. The normalized spacial score (nSPS) is 13.9. The van der Waals surface area contributed by atoms with Crippen LogP contribution in [0.5, 0.6) is 0 Å². The van der Waals surface area contributed by atoms with Crippen molar-refractivity contribution in [3.05, 3.63) is 12.2 Å². The second-order valence-corrected chi connectivity index (χ2v) is 6.24. The zero-order chi connectivity index (χ0) is 18.2. The number of aliphatic hydroxyl groups is 2. The first-order chi connectivity index (χ1) is 11.4. The molecule has 0 aromatic carbocycles. The fourth-order valence-corrected chi connectivity index (χ4v) is 2.44. The van der Waals surface area contributed by atoms with Gasteiger partial charge >= 0.3 is 11.9 Å². The molecule has 0 aromatic rings. The van der Waals surface area contributed by atoms with E-state index < -0.39 is 18.0 Å². The van der Waals surface area contributed by atoms with Gasteiger partial charge in [-0.25, -0.2) is 0 Å². The predicted molar refractivity (Wildman–Crippen MR) is 91.8 cm³/mol. The first-order valence-electron chi connectivity index (χ1n) is 8.86. The molecule has 0 bridgehead atoms. The van der Waals surface area contributed by atoms with Crippen LogP contribution >= 0.6 is 0 Å². The van der Waals surface area contributed by atoms with Crippen LogP contribution in [0, 0.1) is 0 Å². The molecule has 0 saturated heterocycles. The summed E-state index contributed by atoms with van der Waals surface area (Å²) in [5.74, 6) is -1.74. The number of allylic oxidation sites excluding steroid dienone is 1. The van der Waals surface area contributed by atoms with Crippen LogP contribution < -0.4 is 0 Å². The maximum absolute atomic E-state index is 10.4. The second kappa shape index (κ2) is 15.1. The van der Waals surface area contributed by atoms with E-state index in [9.17, 15) is 19.8 Å². The minimum atomic E-state index is -0.967. The van der Waals surface area contributed by atoms with Gasteiger partial charge in [-0.15, -0.1) is 0 Å². The van der Waals surface area contributed by atoms with Gasteiger partial charge in [-0.2, -0.15) is 0 Å². The molecule has 0 radical (unpaired) electrons. The summed E-state index contributed by atoms with van der Waals surface area (Å²) in [6, 6.07) is 0. The van der Waals surface area contributed by atoms with Gasteiger partial charge in [0.05, 0.1) is 18.6 Å². The van der Waals surface area contributed by atoms with Crippen molar-refractivity contribution in [1.82, 2.24) is 0 Å². The Kier molecular flexibility index (Phi) is 14.3. The molecule has 0 aliphatic rings. The van der Waals surface area contributed by atoms with E-state index in [0.717, 1.165) is 38.5 Å². The van der Waals surface area contributed by atoms with Crippen LogP contribution in [0.4, 0.5) is 0 Å². The Balaban J connectivity index is 3.41. The number of rotatable bonds is 16. The van der Waals surface area contributed by atoms with Gasteiger partial charge in [0.1, 0.15) is 0 Å². The summed E-state index contributed by atoms with van der Waals surface area (Å²) >= 11 is 0. The van der Waals surface area contributed by atoms with Crippen molar-refractivity contribution in [1.29, 1.82) is 0 Å². The van der Waals surface area contributed by atoms with Crippen molar-refractivity contribution < 1.29 is 30.0 Å². The number of carboxylic acid groups (broad SMARTS) is 2. The predicted octanol–water partition coefficient (Wildman–Crippen LogP) is 3.11. The van der Waals surface area contributed by atoms with E-state index in [-0.39, 0.29) is 18.9 Å². The highest BCUT2D eigenvalue weighted by Gasteiger charge is 2.08. The van der Waals surface area contributed by atoms with E-state index in [4.69, 9.17) is 10.2 Å². The van der Waals surface area contributed by atoms with E-state index in [1.165, 1.54) is 0 Å². The van der Waals surface area contributed by atoms with Crippen molar-refractivity contribution >= 4 is 11.9 Å². The van der Waals surface area contributed by atoms with Crippen LogP contribution in [0.1, 0.15) is 77.0 Å². The average Bonchev–Trinajstić information content (AvgIpc) is 2.48. The van der Waals surface area contributed by atoms with Crippen molar-refractivity contribution in [3.8, 4) is 0 Å². The molecule has 24 heavy (non-hydrogen) atoms. The van der Waals surface area contributed by atoms with E-state index in [1.54, 1.807) is 0 Å². The van der Waals surface area contributed by atoms with Crippen LogP contribution in [0.2, 0.25) is 0 Å². The number of aliphatic carboxylic acids is 2. The lowest BCUT2D eigenvalue weighted by Gasteiger charge is -2.07. The highest BCUT2D eigenvalue weighted by Crippen LogP contribution is 2.11. The minimum absolute atomic E-state index is 0.186. The lowest BCUT2D eigenvalue weighted by atomic mass is 10.1. The van der Waals surface area contributed by atoms with Crippen LogP contribution in [0.3, 0.4) is 0 Å². The largest absolute Gasteiger partial charge is 0.481 e. The van der Waals surface area contributed by atoms with Gasteiger partial charge in [0, 0.05) is 6.42 Å². The van der Waals surface area contributed by atoms with Gasteiger partial charge in [-0.3, -0.25) is 9.59 Å². The zero-order valence-electron chi connectivity index (χ0n) is 14.4. The highest BCUT2D eigenvalue weighted by molar-refractivity contribution is 5.67. The van der Waals surface area contributed by atoms with Gasteiger partial charge < -0.3 is 20.4 Å². The summed E-state index contributed by atoms with van der Waals surface area (Å²) in [4.78, 5) is 20.7. The lowest BCUT2D eigenvalue weighted by molar-refractivity contribution is -0.139. The first kappa shape index (κ1) is 22.6. The van der Waals surface area contributed by atoms with Gasteiger partial charge in [0.2, 0.25) is 0 Å². The fraction of sp³-hybridized carbons (Fsp3) is 0.778. The highest BCUT2D eigenvalue weighted by atomic mass is 16.4. The number of unbranched alkanes of at least 4 members (excludes halogenated alkanes) is 5. The molecule has 6 heteroatoms. The third-order valence-electron chi connectivity index (χ3n) is 3.82. The fourth-order valence-electron chi connectivity index (χ4n) is 2.44. The van der Waals surface area contributed by atoms with Crippen molar-refractivity contribution in [2.75, 3.05) is 0 Å². The maximum Gasteiger partial charge on any atom is 0.305 e. The average molecular weight is 344 g/mol. The lowest BCUT2D eigenvalue weighted by Crippen LogP contribution is -2.12. The van der Waals surface area contributed by atoms with Crippen molar-refractivity contribution in [2.45, 2.75) is 89.3 Å². The molecule has 0 fully saturated rings. The molecule has 0 saturated carbocycles. The van der Waals surface area contributed by atoms with E-state index in [2.05, 4.69) is 0 Å². The molecule has 0 spiro atoms. The Bertz CT molecular complexity index is 367. The summed E-state index contributed by atoms with van der Waals surface area (Å²) in [6.45, 7) is 0. The molecule has 4 N–H and O–H groups in total. The molecule has 6 nitrogen and oxygen atoms in total. The Morgan fingerprint density at radius 3 is 2.00 bits per heavy atom. The van der Waals surface area contributed by atoms with E-state index in [0.29, 0.717) is 25.7 Å². The molecule has 2 unspecified atom stereocenters. The Morgan fingerprint density at radius 2 is 1.38 bits per heavy atom.